The maximum atomic E-state index is 12.4. The Bertz CT molecular complexity index is 1150. The summed E-state index contributed by atoms with van der Waals surface area (Å²) in [6.07, 6.45) is 1.34. The molecule has 0 amide bonds. The molecule has 0 fully saturated rings. The van der Waals surface area contributed by atoms with Crippen LogP contribution in [0.25, 0.3) is 28.1 Å². The first-order valence-electron chi connectivity index (χ1n) is 8.53. The Morgan fingerprint density at radius 1 is 1.15 bits per heavy atom. The highest BCUT2D eigenvalue weighted by atomic mass is 35.5. The Kier molecular flexibility index (Phi) is 4.17. The second-order valence-electron chi connectivity index (χ2n) is 6.24. The van der Waals surface area contributed by atoms with Crippen LogP contribution in [0.3, 0.4) is 0 Å². The van der Waals surface area contributed by atoms with Crippen LogP contribution in [-0.4, -0.2) is 25.4 Å². The zero-order valence-electron chi connectivity index (χ0n) is 14.5. The van der Waals surface area contributed by atoms with Crippen LogP contribution in [0.15, 0.2) is 42.5 Å². The third kappa shape index (κ3) is 2.65. The number of carbonyl (C=O) groups is 1. The van der Waals surface area contributed by atoms with Gasteiger partial charge in [-0.15, -0.1) is 10.2 Å². The van der Waals surface area contributed by atoms with Crippen molar-refractivity contribution in [2.75, 3.05) is 0 Å². The minimum absolute atomic E-state index is 0.121. The lowest BCUT2D eigenvalue weighted by molar-refractivity contribution is 0.0982. The molecule has 0 saturated heterocycles. The number of nitrogens with zero attached hydrogens (tertiary/aromatic N) is 4. The lowest BCUT2D eigenvalue weighted by atomic mass is 10.1. The first-order chi connectivity index (χ1) is 12.6. The van der Waals surface area contributed by atoms with Gasteiger partial charge >= 0.3 is 0 Å². The Morgan fingerprint density at radius 3 is 2.73 bits per heavy atom. The summed E-state index contributed by atoms with van der Waals surface area (Å²) >= 11 is 6.38. The number of carbonyl (C=O) groups excluding carboxylic acids is 1. The summed E-state index contributed by atoms with van der Waals surface area (Å²) in [6, 6.07) is 13.1. The SMILES string of the molecule is CCCC(=O)c1ccc2nc(C)c3nnc(-c4ccccc4Cl)n3c2c1. The van der Waals surface area contributed by atoms with Crippen molar-refractivity contribution in [2.45, 2.75) is 26.7 Å². The van der Waals surface area contributed by atoms with E-state index >= 15 is 0 Å². The largest absolute Gasteiger partial charge is 0.294 e. The first kappa shape index (κ1) is 16.7. The van der Waals surface area contributed by atoms with Gasteiger partial charge in [0, 0.05) is 17.5 Å². The van der Waals surface area contributed by atoms with Crippen molar-refractivity contribution in [1.29, 1.82) is 0 Å². The van der Waals surface area contributed by atoms with Crippen molar-refractivity contribution >= 4 is 34.1 Å². The molecule has 0 aliphatic carbocycles. The van der Waals surface area contributed by atoms with Gasteiger partial charge in [0.2, 0.25) is 0 Å². The summed E-state index contributed by atoms with van der Waals surface area (Å²) in [5.74, 6) is 0.761. The van der Waals surface area contributed by atoms with Crippen LogP contribution in [-0.2, 0) is 0 Å². The number of aryl methyl sites for hydroxylation is 1. The van der Waals surface area contributed by atoms with E-state index in [1.54, 1.807) is 0 Å². The molecule has 6 heteroatoms. The molecule has 5 nitrogen and oxygen atoms in total. The summed E-state index contributed by atoms with van der Waals surface area (Å²) in [5, 5.41) is 9.26. The van der Waals surface area contributed by atoms with Crippen LogP contribution in [0.4, 0.5) is 0 Å². The quantitative estimate of drug-likeness (QED) is 0.484. The molecule has 0 bridgehead atoms. The minimum atomic E-state index is 0.121. The number of hydrogen-bond donors (Lipinski definition) is 0. The molecule has 26 heavy (non-hydrogen) atoms. The standard InChI is InChI=1S/C20H17ClN4O/c1-3-6-18(26)13-9-10-16-17(11-13)25-19(12(2)22-16)23-24-20(25)14-7-4-5-8-15(14)21/h4-5,7-11H,3,6H2,1-2H3. The van der Waals surface area contributed by atoms with Crippen LogP contribution in [0.1, 0.15) is 35.8 Å². The average Bonchev–Trinajstić information content (AvgIpc) is 3.08. The van der Waals surface area contributed by atoms with Crippen molar-refractivity contribution in [1.82, 2.24) is 19.6 Å². The monoisotopic (exact) mass is 364 g/mol. The summed E-state index contributed by atoms with van der Waals surface area (Å²) in [6.45, 7) is 3.90. The van der Waals surface area contributed by atoms with Gasteiger partial charge in [0.25, 0.3) is 0 Å². The molecule has 0 N–H and O–H groups in total. The highest BCUT2D eigenvalue weighted by Crippen LogP contribution is 2.29. The van der Waals surface area contributed by atoms with Crippen LogP contribution >= 0.6 is 11.6 Å². The van der Waals surface area contributed by atoms with Crippen molar-refractivity contribution < 1.29 is 4.79 Å². The summed E-state index contributed by atoms with van der Waals surface area (Å²) in [5.41, 5.74) is 4.48. The zero-order chi connectivity index (χ0) is 18.3. The number of rotatable bonds is 4. The summed E-state index contributed by atoms with van der Waals surface area (Å²) in [7, 11) is 0. The van der Waals surface area contributed by atoms with E-state index < -0.39 is 0 Å². The molecule has 130 valence electrons. The van der Waals surface area contributed by atoms with Crippen LogP contribution in [0, 0.1) is 6.92 Å². The molecule has 2 aromatic carbocycles. The first-order valence-corrected chi connectivity index (χ1v) is 8.91. The fourth-order valence-electron chi connectivity index (χ4n) is 3.14. The maximum absolute atomic E-state index is 12.4. The Morgan fingerprint density at radius 2 is 1.96 bits per heavy atom. The molecule has 0 unspecified atom stereocenters. The van der Waals surface area contributed by atoms with E-state index in [4.69, 9.17) is 11.6 Å². The second-order valence-corrected chi connectivity index (χ2v) is 6.64. The lowest BCUT2D eigenvalue weighted by Gasteiger charge is -2.09. The van der Waals surface area contributed by atoms with E-state index in [1.165, 1.54) is 0 Å². The van der Waals surface area contributed by atoms with E-state index in [-0.39, 0.29) is 5.78 Å². The van der Waals surface area contributed by atoms with Crippen molar-refractivity contribution in [3.05, 3.63) is 58.7 Å². The molecule has 2 heterocycles. The third-order valence-electron chi connectivity index (χ3n) is 4.40. The van der Waals surface area contributed by atoms with Crippen LogP contribution < -0.4 is 0 Å². The van der Waals surface area contributed by atoms with Crippen molar-refractivity contribution in [3.63, 3.8) is 0 Å². The van der Waals surface area contributed by atoms with Gasteiger partial charge in [-0.3, -0.25) is 9.20 Å². The minimum Gasteiger partial charge on any atom is -0.294 e. The number of aromatic nitrogens is 4. The van der Waals surface area contributed by atoms with Gasteiger partial charge in [0.1, 0.15) is 0 Å². The number of benzene rings is 2. The molecular weight excluding hydrogens is 348 g/mol. The Hall–Kier alpha value is -2.79. The van der Waals surface area contributed by atoms with E-state index in [1.807, 2.05) is 60.7 Å². The average molecular weight is 365 g/mol. The van der Waals surface area contributed by atoms with E-state index in [2.05, 4.69) is 15.2 Å². The lowest BCUT2D eigenvalue weighted by Crippen LogP contribution is -2.02. The van der Waals surface area contributed by atoms with E-state index in [0.717, 1.165) is 28.7 Å². The van der Waals surface area contributed by atoms with Gasteiger partial charge in [0.05, 0.1) is 21.7 Å². The zero-order valence-corrected chi connectivity index (χ0v) is 15.3. The van der Waals surface area contributed by atoms with Gasteiger partial charge in [-0.05, 0) is 43.7 Å². The van der Waals surface area contributed by atoms with Gasteiger partial charge in [-0.25, -0.2) is 4.98 Å². The van der Waals surface area contributed by atoms with E-state index in [0.29, 0.717) is 28.5 Å². The fourth-order valence-corrected chi connectivity index (χ4v) is 3.36. The molecule has 0 radical (unpaired) electrons. The molecule has 0 saturated carbocycles. The summed E-state index contributed by atoms with van der Waals surface area (Å²) in [4.78, 5) is 17.0. The number of fused-ring (bicyclic) bond motifs is 3. The Labute approximate surface area is 155 Å². The van der Waals surface area contributed by atoms with Crippen LogP contribution in [0.5, 0.6) is 0 Å². The Balaban J connectivity index is 2.06. The van der Waals surface area contributed by atoms with Gasteiger partial charge in [-0.2, -0.15) is 0 Å². The molecule has 0 aliphatic heterocycles. The summed E-state index contributed by atoms with van der Waals surface area (Å²) < 4.78 is 1.93. The maximum Gasteiger partial charge on any atom is 0.183 e. The molecule has 4 aromatic rings. The third-order valence-corrected chi connectivity index (χ3v) is 4.73. The van der Waals surface area contributed by atoms with Gasteiger partial charge in [0.15, 0.2) is 17.3 Å². The molecule has 2 aromatic heterocycles. The molecule has 0 atom stereocenters. The normalized spacial score (nSPS) is 11.3. The van der Waals surface area contributed by atoms with Gasteiger partial charge < -0.3 is 0 Å². The fraction of sp³-hybridized carbons (Fsp3) is 0.200. The van der Waals surface area contributed by atoms with E-state index in [9.17, 15) is 4.79 Å². The molecule has 0 aliphatic rings. The smallest absolute Gasteiger partial charge is 0.183 e. The van der Waals surface area contributed by atoms with Crippen molar-refractivity contribution in [3.8, 4) is 11.4 Å². The highest BCUT2D eigenvalue weighted by Gasteiger charge is 2.17. The van der Waals surface area contributed by atoms with Crippen molar-refractivity contribution in [2.24, 2.45) is 0 Å². The topological polar surface area (TPSA) is 60.2 Å². The molecule has 0 spiro atoms. The predicted octanol–water partition coefficient (Wildman–Crippen LogP) is 4.89. The number of ketones is 1. The number of hydrogen-bond acceptors (Lipinski definition) is 4. The highest BCUT2D eigenvalue weighted by molar-refractivity contribution is 6.33. The number of halogens is 1. The predicted molar refractivity (Wildman–Crippen MR) is 103 cm³/mol. The second kappa shape index (κ2) is 6.50. The van der Waals surface area contributed by atoms with Crippen LogP contribution in [0.2, 0.25) is 5.02 Å². The number of Topliss-reactive ketones (excluding diaryl/α,β-unsaturated/α-hetero) is 1. The van der Waals surface area contributed by atoms with Gasteiger partial charge in [-0.1, -0.05) is 30.7 Å². The molecule has 4 rings (SSSR count). The molecular formula is C20H17ClN4O.